The zero-order valence-electron chi connectivity index (χ0n) is 19.1. The quantitative estimate of drug-likeness (QED) is 0.419. The molecule has 0 aliphatic heterocycles. The summed E-state index contributed by atoms with van der Waals surface area (Å²) in [6, 6.07) is 18.0. The van der Waals surface area contributed by atoms with Gasteiger partial charge in [-0.15, -0.1) is 0 Å². The molecule has 0 atom stereocenters. The van der Waals surface area contributed by atoms with Crippen LogP contribution in [0.25, 0.3) is 21.9 Å². The molecule has 0 spiro atoms. The van der Waals surface area contributed by atoms with Crippen LogP contribution in [0.4, 0.5) is 4.79 Å². The van der Waals surface area contributed by atoms with Gasteiger partial charge in [0.1, 0.15) is 5.82 Å². The lowest BCUT2D eigenvalue weighted by Crippen LogP contribution is -2.29. The minimum absolute atomic E-state index is 0.219. The number of aryl methyl sites for hydroxylation is 1. The first-order valence-electron chi connectivity index (χ1n) is 10.9. The molecule has 0 fully saturated rings. The standard InChI is InChI=1S/C26H23N5O3/c1-16-28-23-21(12-13-27-25(23)33)30(16)15-17-8-10-18(11-9-17)24(32)22-14-19-6-4-5-7-20(19)31(22)26(34)29(2)3/h4-14H,15H2,1-3H3,(H,27,33). The molecule has 0 bridgehead atoms. The van der Waals surface area contributed by atoms with E-state index in [9.17, 15) is 14.4 Å². The van der Waals surface area contributed by atoms with Gasteiger partial charge in [0.05, 0.1) is 16.7 Å². The summed E-state index contributed by atoms with van der Waals surface area (Å²) in [4.78, 5) is 46.8. The SMILES string of the molecule is Cc1nc2c(=O)[nH]ccc2n1Cc1ccc(C(=O)c2cc3ccccc3n2C(=O)N(C)C)cc1. The highest BCUT2D eigenvalue weighted by Crippen LogP contribution is 2.23. The number of ketones is 1. The van der Waals surface area contributed by atoms with Crippen LogP contribution in [0.2, 0.25) is 0 Å². The van der Waals surface area contributed by atoms with Crippen molar-refractivity contribution in [3.05, 3.63) is 99.9 Å². The van der Waals surface area contributed by atoms with E-state index in [0.29, 0.717) is 28.8 Å². The van der Waals surface area contributed by atoms with Gasteiger partial charge in [0, 0.05) is 37.8 Å². The Morgan fingerprint density at radius 3 is 2.47 bits per heavy atom. The second-order valence-electron chi connectivity index (χ2n) is 8.41. The largest absolute Gasteiger partial charge is 0.330 e. The van der Waals surface area contributed by atoms with Crippen molar-refractivity contribution in [3.63, 3.8) is 0 Å². The minimum Gasteiger partial charge on any atom is -0.330 e. The van der Waals surface area contributed by atoms with Crippen molar-refractivity contribution >= 4 is 33.8 Å². The molecule has 0 radical (unpaired) electrons. The molecular weight excluding hydrogens is 430 g/mol. The van der Waals surface area contributed by atoms with E-state index < -0.39 is 0 Å². The lowest BCUT2D eigenvalue weighted by atomic mass is 10.1. The van der Waals surface area contributed by atoms with Crippen LogP contribution >= 0.6 is 0 Å². The summed E-state index contributed by atoms with van der Waals surface area (Å²) in [5.74, 6) is 0.507. The Hall–Kier alpha value is -4.46. The molecule has 5 aromatic rings. The number of hydrogen-bond acceptors (Lipinski definition) is 4. The number of benzene rings is 2. The number of nitrogens with zero attached hydrogens (tertiary/aromatic N) is 4. The predicted octanol–water partition coefficient (Wildman–Crippen LogP) is 3.80. The average Bonchev–Trinajstić information content (AvgIpc) is 3.37. The average molecular weight is 454 g/mol. The van der Waals surface area contributed by atoms with Gasteiger partial charge >= 0.3 is 6.03 Å². The van der Waals surface area contributed by atoms with Crippen molar-refractivity contribution in [2.24, 2.45) is 0 Å². The van der Waals surface area contributed by atoms with Gasteiger partial charge in [0.15, 0.2) is 5.52 Å². The van der Waals surface area contributed by atoms with E-state index in [4.69, 9.17) is 0 Å². The molecule has 34 heavy (non-hydrogen) atoms. The van der Waals surface area contributed by atoms with Crippen LogP contribution in [-0.2, 0) is 6.54 Å². The number of aromatic nitrogens is 4. The molecule has 8 nitrogen and oxygen atoms in total. The van der Waals surface area contributed by atoms with Crippen molar-refractivity contribution in [2.45, 2.75) is 13.5 Å². The van der Waals surface area contributed by atoms with Gasteiger partial charge in [-0.1, -0.05) is 42.5 Å². The number of carbonyl (C=O) groups is 2. The maximum atomic E-state index is 13.4. The Morgan fingerprint density at radius 1 is 1.00 bits per heavy atom. The van der Waals surface area contributed by atoms with Crippen molar-refractivity contribution in [1.29, 1.82) is 0 Å². The molecule has 2 aromatic carbocycles. The second-order valence-corrected chi connectivity index (χ2v) is 8.41. The van der Waals surface area contributed by atoms with Crippen LogP contribution in [0.3, 0.4) is 0 Å². The summed E-state index contributed by atoms with van der Waals surface area (Å²) in [5.41, 5.74) is 3.41. The number of H-pyrrole nitrogens is 1. The highest BCUT2D eigenvalue weighted by atomic mass is 16.2. The summed E-state index contributed by atoms with van der Waals surface area (Å²) < 4.78 is 3.43. The van der Waals surface area contributed by atoms with Crippen molar-refractivity contribution in [1.82, 2.24) is 24.0 Å². The third-order valence-electron chi connectivity index (χ3n) is 5.94. The van der Waals surface area contributed by atoms with E-state index >= 15 is 0 Å². The van der Waals surface area contributed by atoms with Gasteiger partial charge in [-0.2, -0.15) is 0 Å². The fraction of sp³-hybridized carbons (Fsp3) is 0.154. The number of pyridine rings is 1. The number of carbonyl (C=O) groups excluding carboxylic acids is 2. The number of rotatable bonds is 4. The Bertz CT molecular complexity index is 1620. The first-order chi connectivity index (χ1) is 16.3. The van der Waals surface area contributed by atoms with E-state index in [1.54, 1.807) is 38.5 Å². The van der Waals surface area contributed by atoms with E-state index in [1.807, 2.05) is 54.0 Å². The van der Waals surface area contributed by atoms with Gasteiger partial charge in [0.2, 0.25) is 5.78 Å². The maximum Gasteiger partial charge on any atom is 0.328 e. The zero-order chi connectivity index (χ0) is 24.0. The lowest BCUT2D eigenvalue weighted by Gasteiger charge is -2.15. The topological polar surface area (TPSA) is 93.0 Å². The molecule has 1 N–H and O–H groups in total. The molecule has 0 unspecified atom stereocenters. The molecule has 0 saturated carbocycles. The molecule has 1 amide bonds. The van der Waals surface area contributed by atoms with Crippen LogP contribution in [0.1, 0.15) is 27.4 Å². The molecule has 0 aliphatic carbocycles. The lowest BCUT2D eigenvalue weighted by molar-refractivity contribution is 0.103. The molecule has 170 valence electrons. The Kier molecular flexibility index (Phi) is 5.13. The number of aromatic amines is 1. The highest BCUT2D eigenvalue weighted by molar-refractivity contribution is 6.13. The number of imidazole rings is 1. The summed E-state index contributed by atoms with van der Waals surface area (Å²) in [6.45, 7) is 2.37. The van der Waals surface area contributed by atoms with Crippen LogP contribution < -0.4 is 5.56 Å². The van der Waals surface area contributed by atoms with Gasteiger partial charge in [0.25, 0.3) is 5.56 Å². The molecule has 3 aromatic heterocycles. The number of fused-ring (bicyclic) bond motifs is 2. The third kappa shape index (κ3) is 3.49. The predicted molar refractivity (Wildman–Crippen MR) is 130 cm³/mol. The van der Waals surface area contributed by atoms with E-state index in [2.05, 4.69) is 9.97 Å². The molecule has 3 heterocycles. The fourth-order valence-electron chi connectivity index (χ4n) is 4.20. The molecular formula is C26H23N5O3. The molecule has 8 heteroatoms. The van der Waals surface area contributed by atoms with E-state index in [-0.39, 0.29) is 17.4 Å². The van der Waals surface area contributed by atoms with E-state index in [0.717, 1.165) is 22.3 Å². The van der Waals surface area contributed by atoms with Crippen molar-refractivity contribution in [2.75, 3.05) is 14.1 Å². The zero-order valence-corrected chi connectivity index (χ0v) is 19.1. The summed E-state index contributed by atoms with van der Waals surface area (Å²) in [7, 11) is 3.32. The summed E-state index contributed by atoms with van der Waals surface area (Å²) >= 11 is 0. The van der Waals surface area contributed by atoms with Gasteiger partial charge in [-0.25, -0.2) is 9.78 Å². The number of para-hydroxylation sites is 1. The Labute approximate surface area is 195 Å². The van der Waals surface area contributed by atoms with Crippen LogP contribution in [-0.4, -0.2) is 49.9 Å². The summed E-state index contributed by atoms with van der Waals surface area (Å²) in [5, 5.41) is 0.829. The van der Waals surface area contributed by atoms with Gasteiger partial charge in [-0.05, 0) is 30.7 Å². The molecule has 0 saturated heterocycles. The highest BCUT2D eigenvalue weighted by Gasteiger charge is 2.22. The van der Waals surface area contributed by atoms with Gasteiger partial charge in [-0.3, -0.25) is 14.2 Å². The first-order valence-corrected chi connectivity index (χ1v) is 10.9. The van der Waals surface area contributed by atoms with Gasteiger partial charge < -0.3 is 14.5 Å². The fourth-order valence-corrected chi connectivity index (χ4v) is 4.20. The third-order valence-corrected chi connectivity index (χ3v) is 5.94. The summed E-state index contributed by atoms with van der Waals surface area (Å²) in [6.07, 6.45) is 1.61. The normalized spacial score (nSPS) is 11.3. The number of amides is 1. The smallest absolute Gasteiger partial charge is 0.328 e. The Balaban J connectivity index is 1.49. The monoisotopic (exact) mass is 453 g/mol. The van der Waals surface area contributed by atoms with Crippen LogP contribution in [0.5, 0.6) is 0 Å². The maximum absolute atomic E-state index is 13.4. The second kappa shape index (κ2) is 8.15. The van der Waals surface area contributed by atoms with Crippen molar-refractivity contribution in [3.8, 4) is 0 Å². The first kappa shape index (κ1) is 21.4. The van der Waals surface area contributed by atoms with Crippen LogP contribution in [0.15, 0.2) is 71.7 Å². The molecule has 5 rings (SSSR count). The van der Waals surface area contributed by atoms with E-state index in [1.165, 1.54) is 9.47 Å². The van der Waals surface area contributed by atoms with Crippen molar-refractivity contribution < 1.29 is 9.59 Å². The van der Waals surface area contributed by atoms with Crippen LogP contribution in [0, 0.1) is 6.92 Å². The Morgan fingerprint density at radius 2 is 1.74 bits per heavy atom. The minimum atomic E-state index is -0.279. The number of nitrogens with one attached hydrogen (secondary N) is 1. The number of hydrogen-bond donors (Lipinski definition) is 1. The molecule has 0 aliphatic rings.